The number of nitro groups is 1. The molecule has 0 aliphatic carbocycles. The molecule has 2 aromatic rings. The smallest absolute Gasteiger partial charge is 0.294 e. The number of anilines is 1. The van der Waals surface area contributed by atoms with E-state index in [1.165, 1.54) is 49.4 Å². The molecule has 0 spiro atoms. The first-order valence-corrected chi connectivity index (χ1v) is 7.63. The maximum Gasteiger partial charge on any atom is 0.294 e. The summed E-state index contributed by atoms with van der Waals surface area (Å²) >= 11 is 0. The summed E-state index contributed by atoms with van der Waals surface area (Å²) < 4.78 is 0. The normalized spacial score (nSPS) is 16.9. The molecule has 132 valence electrons. The van der Waals surface area contributed by atoms with Crippen LogP contribution < -0.4 is 4.90 Å². The lowest BCUT2D eigenvalue weighted by atomic mass is 9.95. The first-order chi connectivity index (χ1) is 12.3. The first kappa shape index (κ1) is 17.2. The molecule has 26 heavy (non-hydrogen) atoms. The second kappa shape index (κ2) is 6.32. The highest BCUT2D eigenvalue weighted by Gasteiger charge is 2.45. The number of carbonyl (C=O) groups excluding carboxylic acids is 2. The number of para-hydroxylation sites is 1. The molecule has 1 aliphatic rings. The molecule has 8 nitrogen and oxygen atoms in total. The number of ketones is 1. The van der Waals surface area contributed by atoms with E-state index in [2.05, 4.69) is 0 Å². The maximum absolute atomic E-state index is 12.6. The zero-order chi connectivity index (χ0) is 19.0. The van der Waals surface area contributed by atoms with Gasteiger partial charge < -0.3 is 10.2 Å². The molecular formula is C18H14N2O6. The van der Waals surface area contributed by atoms with Gasteiger partial charge in [-0.05, 0) is 37.3 Å². The average Bonchev–Trinajstić information content (AvgIpc) is 2.87. The highest BCUT2D eigenvalue weighted by molar-refractivity contribution is 6.16. The second-order valence-electron chi connectivity index (χ2n) is 5.73. The lowest BCUT2D eigenvalue weighted by Gasteiger charge is -2.26. The van der Waals surface area contributed by atoms with Crippen LogP contribution >= 0.6 is 0 Å². The number of carbonyl (C=O) groups is 2. The number of aliphatic hydroxyl groups is 1. The molecule has 0 radical (unpaired) electrons. The predicted octanol–water partition coefficient (Wildman–Crippen LogP) is 2.79. The summed E-state index contributed by atoms with van der Waals surface area (Å²) in [6.45, 7) is 1.18. The van der Waals surface area contributed by atoms with E-state index >= 15 is 0 Å². The maximum atomic E-state index is 12.6. The summed E-state index contributed by atoms with van der Waals surface area (Å²) in [5.41, 5.74) is -0.105. The molecule has 8 heteroatoms. The SMILES string of the molecule is CC(=O)C1=C(O)C(=O)N(c2ccc(O)cc2)[C@H]1c1ccccc1[N+](=O)[O-]. The van der Waals surface area contributed by atoms with Gasteiger partial charge in [-0.2, -0.15) is 0 Å². The molecule has 0 aromatic heterocycles. The molecule has 1 atom stereocenters. The summed E-state index contributed by atoms with van der Waals surface area (Å²) in [5.74, 6) is -2.19. The Bertz CT molecular complexity index is 948. The van der Waals surface area contributed by atoms with Crippen molar-refractivity contribution in [3.8, 4) is 5.75 Å². The van der Waals surface area contributed by atoms with Gasteiger partial charge in [0.25, 0.3) is 11.6 Å². The lowest BCUT2D eigenvalue weighted by molar-refractivity contribution is -0.385. The van der Waals surface area contributed by atoms with E-state index in [-0.39, 0.29) is 28.3 Å². The molecule has 1 amide bonds. The number of phenols is 1. The minimum Gasteiger partial charge on any atom is -0.508 e. The highest BCUT2D eigenvalue weighted by Crippen LogP contribution is 2.43. The summed E-state index contributed by atoms with van der Waals surface area (Å²) in [4.78, 5) is 36.6. The van der Waals surface area contributed by atoms with Crippen LogP contribution in [-0.4, -0.2) is 26.8 Å². The third kappa shape index (κ3) is 2.67. The van der Waals surface area contributed by atoms with Crippen LogP contribution in [0.1, 0.15) is 18.5 Å². The molecule has 2 N–H and O–H groups in total. The number of rotatable bonds is 4. The quantitative estimate of drug-likeness (QED) is 0.643. The van der Waals surface area contributed by atoms with Crippen molar-refractivity contribution < 1.29 is 24.7 Å². The Kier molecular flexibility index (Phi) is 4.17. The summed E-state index contributed by atoms with van der Waals surface area (Å²) in [5, 5.41) is 31.1. The zero-order valence-corrected chi connectivity index (χ0v) is 13.6. The Morgan fingerprint density at radius 3 is 2.31 bits per heavy atom. The largest absolute Gasteiger partial charge is 0.508 e. The Balaban J connectivity index is 2.25. The van der Waals surface area contributed by atoms with Crippen molar-refractivity contribution in [1.29, 1.82) is 0 Å². The van der Waals surface area contributed by atoms with Crippen LogP contribution in [0.5, 0.6) is 5.75 Å². The fourth-order valence-electron chi connectivity index (χ4n) is 3.02. The number of aliphatic hydroxyl groups excluding tert-OH is 1. The van der Waals surface area contributed by atoms with Crippen LogP contribution in [-0.2, 0) is 9.59 Å². The van der Waals surface area contributed by atoms with E-state index < -0.39 is 28.4 Å². The van der Waals surface area contributed by atoms with Crippen LogP contribution in [0, 0.1) is 10.1 Å². The first-order valence-electron chi connectivity index (χ1n) is 7.63. The fourth-order valence-corrected chi connectivity index (χ4v) is 3.02. The van der Waals surface area contributed by atoms with Gasteiger partial charge in [0.2, 0.25) is 0 Å². The zero-order valence-electron chi connectivity index (χ0n) is 13.6. The van der Waals surface area contributed by atoms with Crippen LogP contribution in [0.3, 0.4) is 0 Å². The van der Waals surface area contributed by atoms with Crippen LogP contribution in [0.2, 0.25) is 0 Å². The van der Waals surface area contributed by atoms with Crippen molar-refractivity contribution >= 4 is 23.1 Å². The number of nitrogens with zero attached hydrogens (tertiary/aromatic N) is 2. The Hall–Kier alpha value is -3.68. The van der Waals surface area contributed by atoms with Gasteiger partial charge in [-0.15, -0.1) is 0 Å². The van der Waals surface area contributed by atoms with Crippen LogP contribution in [0.4, 0.5) is 11.4 Å². The summed E-state index contributed by atoms with van der Waals surface area (Å²) in [6, 6.07) is 10.1. The molecule has 1 heterocycles. The number of nitro benzene ring substituents is 1. The van der Waals surface area contributed by atoms with E-state index in [0.717, 1.165) is 4.90 Å². The fraction of sp³-hybridized carbons (Fsp3) is 0.111. The van der Waals surface area contributed by atoms with Crippen molar-refractivity contribution in [3.05, 3.63) is 75.5 Å². The minimum atomic E-state index is -1.15. The molecule has 0 unspecified atom stereocenters. The topological polar surface area (TPSA) is 121 Å². The van der Waals surface area contributed by atoms with Gasteiger partial charge in [-0.1, -0.05) is 12.1 Å². The van der Waals surface area contributed by atoms with Gasteiger partial charge in [0, 0.05) is 11.8 Å². The van der Waals surface area contributed by atoms with Crippen molar-refractivity contribution in [1.82, 2.24) is 0 Å². The molecule has 0 saturated carbocycles. The van der Waals surface area contributed by atoms with Crippen molar-refractivity contribution in [2.45, 2.75) is 13.0 Å². The van der Waals surface area contributed by atoms with Crippen molar-refractivity contribution in [2.24, 2.45) is 0 Å². The molecule has 1 aliphatic heterocycles. The van der Waals surface area contributed by atoms with Crippen molar-refractivity contribution in [2.75, 3.05) is 4.90 Å². The third-order valence-electron chi connectivity index (χ3n) is 4.14. The molecule has 0 bridgehead atoms. The molecule has 0 saturated heterocycles. The molecular weight excluding hydrogens is 340 g/mol. The van der Waals surface area contributed by atoms with Gasteiger partial charge in [0.05, 0.1) is 16.1 Å². The van der Waals surface area contributed by atoms with Crippen molar-refractivity contribution in [3.63, 3.8) is 0 Å². The number of hydrogen-bond donors (Lipinski definition) is 2. The Morgan fingerprint density at radius 2 is 1.73 bits per heavy atom. The summed E-state index contributed by atoms with van der Waals surface area (Å²) in [7, 11) is 0. The Morgan fingerprint density at radius 1 is 1.12 bits per heavy atom. The van der Waals surface area contributed by atoms with Crippen LogP contribution in [0.25, 0.3) is 0 Å². The number of aromatic hydroxyl groups is 1. The minimum absolute atomic E-state index is 0.0355. The number of hydrogen-bond acceptors (Lipinski definition) is 6. The highest BCUT2D eigenvalue weighted by atomic mass is 16.6. The number of phenolic OH excluding ortho intramolecular Hbond substituents is 1. The van der Waals surface area contributed by atoms with Gasteiger partial charge in [0.15, 0.2) is 11.5 Å². The molecule has 2 aromatic carbocycles. The standard InChI is InChI=1S/C18H14N2O6/c1-10(21)15-16(13-4-2-3-5-14(13)20(25)26)19(18(24)17(15)23)11-6-8-12(22)9-7-11/h2-9,16,22-23H,1H3/t16-/m0/s1. The van der Waals surface area contributed by atoms with Gasteiger partial charge >= 0.3 is 0 Å². The number of amides is 1. The monoisotopic (exact) mass is 354 g/mol. The van der Waals surface area contributed by atoms with E-state index in [9.17, 15) is 29.9 Å². The van der Waals surface area contributed by atoms with Gasteiger partial charge in [0.1, 0.15) is 11.8 Å². The summed E-state index contributed by atoms with van der Waals surface area (Å²) in [6.07, 6.45) is 0. The predicted molar refractivity (Wildman–Crippen MR) is 91.8 cm³/mol. The third-order valence-corrected chi connectivity index (χ3v) is 4.14. The second-order valence-corrected chi connectivity index (χ2v) is 5.73. The van der Waals surface area contributed by atoms with Gasteiger partial charge in [-0.3, -0.25) is 24.6 Å². The van der Waals surface area contributed by atoms with E-state index in [1.807, 2.05) is 0 Å². The lowest BCUT2D eigenvalue weighted by Crippen LogP contribution is -2.31. The number of benzene rings is 2. The number of Topliss-reactive ketones (excluding diaryl/α,β-unsaturated/α-hetero) is 1. The van der Waals surface area contributed by atoms with E-state index in [0.29, 0.717) is 0 Å². The van der Waals surface area contributed by atoms with Gasteiger partial charge in [-0.25, -0.2) is 0 Å². The van der Waals surface area contributed by atoms with E-state index in [4.69, 9.17) is 0 Å². The molecule has 0 fully saturated rings. The average molecular weight is 354 g/mol. The Labute approximate surface area is 147 Å². The molecule has 3 rings (SSSR count). The van der Waals surface area contributed by atoms with E-state index in [1.54, 1.807) is 6.07 Å². The van der Waals surface area contributed by atoms with Crippen LogP contribution in [0.15, 0.2) is 59.9 Å².